The van der Waals surface area contributed by atoms with Crippen LogP contribution in [0.2, 0.25) is 0 Å². The number of benzene rings is 2. The summed E-state index contributed by atoms with van der Waals surface area (Å²) in [7, 11) is -3.20. The van der Waals surface area contributed by atoms with Gasteiger partial charge in [-0.3, -0.25) is 9.10 Å². The summed E-state index contributed by atoms with van der Waals surface area (Å²) in [5.41, 5.74) is 7.87. The van der Waals surface area contributed by atoms with Gasteiger partial charge in [0.1, 0.15) is 6.04 Å². The molecule has 3 N–H and O–H groups in total. The second-order valence-electron chi connectivity index (χ2n) is 5.67. The van der Waals surface area contributed by atoms with Gasteiger partial charge in [0.2, 0.25) is 15.9 Å². The smallest absolute Gasteiger partial charge is 0.245 e. The van der Waals surface area contributed by atoms with Gasteiger partial charge in [0.05, 0.1) is 11.4 Å². The highest BCUT2D eigenvalue weighted by Gasteiger charge is 2.28. The molecule has 1 amide bonds. The fourth-order valence-corrected chi connectivity index (χ4v) is 4.24. The minimum atomic E-state index is -3.20. The molecule has 1 heterocycles. The third kappa shape index (κ3) is 3.42. The zero-order valence-corrected chi connectivity index (χ0v) is 13.9. The van der Waals surface area contributed by atoms with Crippen LogP contribution in [-0.4, -0.2) is 26.6 Å². The van der Waals surface area contributed by atoms with Crippen molar-refractivity contribution in [2.24, 2.45) is 5.73 Å². The van der Waals surface area contributed by atoms with E-state index in [1.807, 2.05) is 18.2 Å². The van der Waals surface area contributed by atoms with Gasteiger partial charge >= 0.3 is 0 Å². The Morgan fingerprint density at radius 2 is 1.75 bits per heavy atom. The molecular formula is C17H19N3O3S. The van der Waals surface area contributed by atoms with E-state index in [4.69, 9.17) is 5.73 Å². The molecule has 0 aromatic heterocycles. The predicted molar refractivity (Wildman–Crippen MR) is 94.2 cm³/mol. The molecule has 24 heavy (non-hydrogen) atoms. The summed E-state index contributed by atoms with van der Waals surface area (Å²) in [5, 5.41) is 2.75. The predicted octanol–water partition coefficient (Wildman–Crippen LogP) is 1.86. The molecular weight excluding hydrogens is 326 g/mol. The van der Waals surface area contributed by atoms with Gasteiger partial charge in [-0.1, -0.05) is 30.3 Å². The van der Waals surface area contributed by atoms with Crippen molar-refractivity contribution in [2.45, 2.75) is 12.5 Å². The topological polar surface area (TPSA) is 92.5 Å². The van der Waals surface area contributed by atoms with E-state index >= 15 is 0 Å². The zero-order chi connectivity index (χ0) is 17.2. The lowest BCUT2D eigenvalue weighted by molar-refractivity contribution is -0.117. The second-order valence-corrected chi connectivity index (χ2v) is 7.68. The molecule has 1 saturated heterocycles. The third-order valence-electron chi connectivity index (χ3n) is 3.96. The molecule has 1 fully saturated rings. The Hall–Kier alpha value is -2.38. The average molecular weight is 345 g/mol. The second kappa shape index (κ2) is 6.62. The molecule has 1 aliphatic heterocycles. The molecule has 0 unspecified atom stereocenters. The van der Waals surface area contributed by atoms with E-state index in [2.05, 4.69) is 5.32 Å². The first-order valence-corrected chi connectivity index (χ1v) is 9.30. The van der Waals surface area contributed by atoms with Crippen LogP contribution in [-0.2, 0) is 14.8 Å². The van der Waals surface area contributed by atoms with Gasteiger partial charge < -0.3 is 11.1 Å². The Labute approximate surface area is 141 Å². The lowest BCUT2D eigenvalue weighted by Crippen LogP contribution is -2.28. The van der Waals surface area contributed by atoms with Crippen molar-refractivity contribution in [1.29, 1.82) is 0 Å². The number of carbonyl (C=O) groups is 1. The SMILES string of the molecule is N[C@H](C(=O)Nc1ccc(N2CCCS2(=O)=O)cc1)c1ccccc1. The molecule has 0 aliphatic carbocycles. The molecule has 3 rings (SSSR count). The molecule has 0 saturated carbocycles. The molecule has 126 valence electrons. The fourth-order valence-electron chi connectivity index (χ4n) is 2.67. The van der Waals surface area contributed by atoms with Gasteiger partial charge in [-0.15, -0.1) is 0 Å². The van der Waals surface area contributed by atoms with E-state index in [-0.39, 0.29) is 11.7 Å². The number of rotatable bonds is 4. The van der Waals surface area contributed by atoms with E-state index in [1.165, 1.54) is 4.31 Å². The monoisotopic (exact) mass is 345 g/mol. The Morgan fingerprint density at radius 1 is 1.08 bits per heavy atom. The first-order valence-electron chi connectivity index (χ1n) is 7.69. The van der Waals surface area contributed by atoms with E-state index < -0.39 is 16.1 Å². The number of hydrogen-bond acceptors (Lipinski definition) is 4. The maximum absolute atomic E-state index is 12.2. The van der Waals surface area contributed by atoms with Crippen LogP contribution in [0.4, 0.5) is 11.4 Å². The highest BCUT2D eigenvalue weighted by Crippen LogP contribution is 2.25. The van der Waals surface area contributed by atoms with Crippen molar-refractivity contribution in [1.82, 2.24) is 0 Å². The summed E-state index contributed by atoms with van der Waals surface area (Å²) < 4.78 is 25.2. The summed E-state index contributed by atoms with van der Waals surface area (Å²) in [5.74, 6) is -0.139. The normalized spacial score (nSPS) is 17.5. The molecule has 6 nitrogen and oxygen atoms in total. The van der Waals surface area contributed by atoms with Crippen LogP contribution < -0.4 is 15.4 Å². The number of nitrogens with two attached hydrogens (primary N) is 1. The first-order chi connectivity index (χ1) is 11.5. The van der Waals surface area contributed by atoms with Gasteiger partial charge in [-0.05, 0) is 36.2 Å². The van der Waals surface area contributed by atoms with E-state index in [0.29, 0.717) is 24.3 Å². The van der Waals surface area contributed by atoms with Gasteiger partial charge in [-0.25, -0.2) is 8.42 Å². The highest BCUT2D eigenvalue weighted by molar-refractivity contribution is 7.93. The highest BCUT2D eigenvalue weighted by atomic mass is 32.2. The summed E-state index contributed by atoms with van der Waals surface area (Å²) in [6.45, 7) is 0.493. The van der Waals surface area contributed by atoms with Gasteiger partial charge in [-0.2, -0.15) is 0 Å². The van der Waals surface area contributed by atoms with Crippen LogP contribution in [0.15, 0.2) is 54.6 Å². The van der Waals surface area contributed by atoms with Crippen LogP contribution in [0.1, 0.15) is 18.0 Å². The maximum Gasteiger partial charge on any atom is 0.245 e. The zero-order valence-electron chi connectivity index (χ0n) is 13.1. The van der Waals surface area contributed by atoms with Crippen LogP contribution >= 0.6 is 0 Å². The van der Waals surface area contributed by atoms with Crippen LogP contribution in [0.3, 0.4) is 0 Å². The Bertz CT molecular complexity index is 820. The molecule has 2 aromatic carbocycles. The standard InChI is InChI=1S/C17H19N3O3S/c18-16(13-5-2-1-3-6-13)17(21)19-14-7-9-15(10-8-14)20-11-4-12-24(20,22)23/h1-3,5-10,16H,4,11-12,18H2,(H,19,21)/t16-/m0/s1. The number of amides is 1. The minimum absolute atomic E-state index is 0.178. The van der Waals surface area contributed by atoms with Crippen LogP contribution in [0.5, 0.6) is 0 Å². The van der Waals surface area contributed by atoms with Crippen molar-refractivity contribution >= 4 is 27.3 Å². The van der Waals surface area contributed by atoms with Gasteiger partial charge in [0, 0.05) is 12.2 Å². The Morgan fingerprint density at radius 3 is 2.33 bits per heavy atom. The number of sulfonamides is 1. The number of hydrogen-bond donors (Lipinski definition) is 2. The molecule has 2 aromatic rings. The van der Waals surface area contributed by atoms with E-state index in [9.17, 15) is 13.2 Å². The molecule has 1 atom stereocenters. The largest absolute Gasteiger partial charge is 0.324 e. The lowest BCUT2D eigenvalue weighted by atomic mass is 10.1. The van der Waals surface area contributed by atoms with Crippen molar-refractivity contribution in [2.75, 3.05) is 21.9 Å². The molecule has 0 spiro atoms. The summed E-state index contributed by atoms with van der Waals surface area (Å²) >= 11 is 0. The number of nitrogens with zero attached hydrogens (tertiary/aromatic N) is 1. The molecule has 0 radical (unpaired) electrons. The number of nitrogens with one attached hydrogen (secondary N) is 1. The van der Waals surface area contributed by atoms with Crippen LogP contribution in [0, 0.1) is 0 Å². The summed E-state index contributed by atoms with van der Waals surface area (Å²) in [6, 6.07) is 15.1. The van der Waals surface area contributed by atoms with Gasteiger partial charge in [0.25, 0.3) is 0 Å². The molecule has 7 heteroatoms. The van der Waals surface area contributed by atoms with Crippen molar-refractivity contribution in [3.05, 3.63) is 60.2 Å². The van der Waals surface area contributed by atoms with E-state index in [1.54, 1.807) is 36.4 Å². The first kappa shape index (κ1) is 16.5. The quantitative estimate of drug-likeness (QED) is 0.885. The van der Waals surface area contributed by atoms with Crippen LogP contribution in [0.25, 0.3) is 0 Å². The van der Waals surface area contributed by atoms with E-state index in [0.717, 1.165) is 5.56 Å². The minimum Gasteiger partial charge on any atom is -0.324 e. The van der Waals surface area contributed by atoms with Crippen molar-refractivity contribution in [3.8, 4) is 0 Å². The lowest BCUT2D eigenvalue weighted by Gasteiger charge is -2.17. The Kier molecular flexibility index (Phi) is 4.55. The fraction of sp³-hybridized carbons (Fsp3) is 0.235. The summed E-state index contributed by atoms with van der Waals surface area (Å²) in [4.78, 5) is 12.2. The Balaban J connectivity index is 1.69. The third-order valence-corrected chi connectivity index (χ3v) is 5.83. The molecule has 0 bridgehead atoms. The number of carbonyl (C=O) groups excluding carboxylic acids is 1. The average Bonchev–Trinajstić information content (AvgIpc) is 2.95. The van der Waals surface area contributed by atoms with Crippen molar-refractivity contribution < 1.29 is 13.2 Å². The van der Waals surface area contributed by atoms with Gasteiger partial charge in [0.15, 0.2) is 0 Å². The maximum atomic E-state index is 12.2. The molecule has 1 aliphatic rings. The summed E-state index contributed by atoms with van der Waals surface area (Å²) in [6.07, 6.45) is 0.632. The van der Waals surface area contributed by atoms with Crippen molar-refractivity contribution in [3.63, 3.8) is 0 Å². The number of anilines is 2.